The monoisotopic (exact) mass is 264 g/mol. The van der Waals surface area contributed by atoms with Crippen molar-refractivity contribution in [2.24, 2.45) is 0 Å². The number of pyridine rings is 1. The molecule has 2 aromatic rings. The summed E-state index contributed by atoms with van der Waals surface area (Å²) in [4.78, 5) is 6.95. The van der Waals surface area contributed by atoms with Crippen molar-refractivity contribution in [1.82, 2.24) is 14.3 Å². The third-order valence-corrected chi connectivity index (χ3v) is 4.04. The van der Waals surface area contributed by atoms with E-state index in [-0.39, 0.29) is 0 Å². The van der Waals surface area contributed by atoms with Crippen LogP contribution in [0.1, 0.15) is 25.1 Å². The summed E-state index contributed by atoms with van der Waals surface area (Å²) in [7, 11) is 0. The van der Waals surface area contributed by atoms with Crippen molar-refractivity contribution in [3.63, 3.8) is 0 Å². The highest BCUT2D eigenvalue weighted by Gasteiger charge is 2.27. The highest BCUT2D eigenvalue weighted by Crippen LogP contribution is 2.31. The average molecular weight is 265 g/mol. The van der Waals surface area contributed by atoms with Crippen molar-refractivity contribution in [2.45, 2.75) is 19.3 Å². The van der Waals surface area contributed by atoms with Gasteiger partial charge in [-0.3, -0.25) is 4.40 Å². The molecule has 96 valence electrons. The molecule has 0 bridgehead atoms. The summed E-state index contributed by atoms with van der Waals surface area (Å²) in [6, 6.07) is 5.76. The van der Waals surface area contributed by atoms with Gasteiger partial charge in [-0.15, -0.1) is 0 Å². The molecule has 3 rings (SSSR count). The first-order valence-corrected chi connectivity index (χ1v) is 6.73. The maximum atomic E-state index is 6.20. The van der Waals surface area contributed by atoms with Crippen molar-refractivity contribution in [2.75, 3.05) is 25.4 Å². The number of hydrogen-bond acceptors (Lipinski definition) is 3. The number of halogens is 1. The van der Waals surface area contributed by atoms with Crippen molar-refractivity contribution in [3.05, 3.63) is 29.2 Å². The molecule has 0 amide bonds. The van der Waals surface area contributed by atoms with E-state index < -0.39 is 0 Å². The summed E-state index contributed by atoms with van der Waals surface area (Å²) in [5.41, 5.74) is 6.96. The highest BCUT2D eigenvalue weighted by atomic mass is 35.5. The minimum atomic E-state index is 0.426. The predicted octanol–water partition coefficient (Wildman–Crippen LogP) is 2.38. The third kappa shape index (κ3) is 1.76. The summed E-state index contributed by atoms with van der Waals surface area (Å²) >= 11 is 6.20. The van der Waals surface area contributed by atoms with Crippen LogP contribution in [-0.4, -0.2) is 33.9 Å². The molecule has 1 fully saturated rings. The molecule has 1 atom stereocenters. The largest absolute Gasteiger partial charge is 0.385 e. The zero-order chi connectivity index (χ0) is 12.7. The van der Waals surface area contributed by atoms with Crippen molar-refractivity contribution in [3.8, 4) is 0 Å². The molecule has 0 spiro atoms. The minimum absolute atomic E-state index is 0.426. The summed E-state index contributed by atoms with van der Waals surface area (Å²) in [6.07, 6.45) is 1.12. The Labute approximate surface area is 111 Å². The van der Waals surface area contributed by atoms with Crippen LogP contribution in [0.25, 0.3) is 5.52 Å². The fourth-order valence-electron chi connectivity index (χ4n) is 2.76. The number of imidazole rings is 1. The van der Waals surface area contributed by atoms with E-state index in [0.29, 0.717) is 16.9 Å². The predicted molar refractivity (Wildman–Crippen MR) is 74.1 cm³/mol. The van der Waals surface area contributed by atoms with Crippen LogP contribution < -0.4 is 5.73 Å². The summed E-state index contributed by atoms with van der Waals surface area (Å²) < 4.78 is 1.99. The molecule has 1 aliphatic rings. The zero-order valence-corrected chi connectivity index (χ0v) is 11.2. The molecular weight excluding hydrogens is 248 g/mol. The van der Waals surface area contributed by atoms with Crippen LogP contribution in [0.3, 0.4) is 0 Å². The van der Waals surface area contributed by atoms with E-state index in [1.807, 2.05) is 22.6 Å². The van der Waals surface area contributed by atoms with Gasteiger partial charge < -0.3 is 10.6 Å². The first kappa shape index (κ1) is 11.8. The number of anilines is 1. The Morgan fingerprint density at radius 3 is 3.06 bits per heavy atom. The number of nitrogen functional groups attached to an aromatic ring is 1. The van der Waals surface area contributed by atoms with Crippen LogP contribution in [0, 0.1) is 0 Å². The van der Waals surface area contributed by atoms with E-state index in [9.17, 15) is 0 Å². The number of hydrogen-bond donors (Lipinski definition) is 1. The van der Waals surface area contributed by atoms with Gasteiger partial charge in [0.15, 0.2) is 5.15 Å². The standard InChI is InChI=1S/C13H17ClN4/c1-2-17-7-6-9(8-17)13-16-12(14)10-4-3-5-11(15)18(10)13/h3-5,9H,2,6-8,15H2,1H3. The molecular formula is C13H17ClN4. The number of fused-ring (bicyclic) bond motifs is 1. The number of rotatable bonds is 2. The van der Waals surface area contributed by atoms with Crippen LogP contribution in [0.5, 0.6) is 0 Å². The Balaban J connectivity index is 2.07. The lowest BCUT2D eigenvalue weighted by Crippen LogP contribution is -2.20. The van der Waals surface area contributed by atoms with Crippen LogP contribution in [0.4, 0.5) is 5.82 Å². The van der Waals surface area contributed by atoms with Crippen LogP contribution in [0.2, 0.25) is 5.15 Å². The molecule has 1 aliphatic heterocycles. The maximum absolute atomic E-state index is 6.20. The van der Waals surface area contributed by atoms with Crippen molar-refractivity contribution in [1.29, 1.82) is 0 Å². The Morgan fingerprint density at radius 2 is 2.33 bits per heavy atom. The van der Waals surface area contributed by atoms with Gasteiger partial charge in [0.05, 0.1) is 5.52 Å². The number of likely N-dealkylation sites (tertiary alicyclic amines) is 1. The number of likely N-dealkylation sites (N-methyl/N-ethyl adjacent to an activating group) is 1. The molecule has 4 nitrogen and oxygen atoms in total. The Kier molecular flexibility index (Phi) is 2.92. The normalized spacial score (nSPS) is 20.9. The number of aromatic nitrogens is 2. The molecule has 0 saturated carbocycles. The SMILES string of the molecule is CCN1CCC(c2nc(Cl)c3cccc(N)n23)C1. The minimum Gasteiger partial charge on any atom is -0.385 e. The van der Waals surface area contributed by atoms with Gasteiger partial charge in [-0.25, -0.2) is 4.98 Å². The molecule has 0 radical (unpaired) electrons. The second-order valence-corrected chi connectivity index (χ2v) is 5.17. The molecule has 2 aromatic heterocycles. The van der Waals surface area contributed by atoms with Gasteiger partial charge in [0.2, 0.25) is 0 Å². The first-order chi connectivity index (χ1) is 8.70. The van der Waals surface area contributed by atoms with Crippen molar-refractivity contribution < 1.29 is 0 Å². The van der Waals surface area contributed by atoms with Gasteiger partial charge in [0.25, 0.3) is 0 Å². The van der Waals surface area contributed by atoms with E-state index in [0.717, 1.165) is 37.4 Å². The molecule has 1 saturated heterocycles. The van der Waals surface area contributed by atoms with Crippen LogP contribution in [-0.2, 0) is 0 Å². The van der Waals surface area contributed by atoms with Crippen LogP contribution >= 0.6 is 11.6 Å². The van der Waals surface area contributed by atoms with Gasteiger partial charge >= 0.3 is 0 Å². The summed E-state index contributed by atoms with van der Waals surface area (Å²) in [6.45, 7) is 5.44. The number of nitrogens with two attached hydrogens (primary N) is 1. The quantitative estimate of drug-likeness (QED) is 0.906. The Hall–Kier alpha value is -1.26. The highest BCUT2D eigenvalue weighted by molar-refractivity contribution is 6.32. The molecule has 0 aliphatic carbocycles. The molecule has 3 heterocycles. The topological polar surface area (TPSA) is 46.6 Å². The van der Waals surface area contributed by atoms with Crippen molar-refractivity contribution >= 4 is 22.9 Å². The smallest absolute Gasteiger partial charge is 0.155 e. The van der Waals surface area contributed by atoms with Gasteiger partial charge in [0.1, 0.15) is 11.6 Å². The van der Waals surface area contributed by atoms with E-state index in [1.165, 1.54) is 0 Å². The van der Waals surface area contributed by atoms with E-state index in [1.54, 1.807) is 0 Å². The molecule has 18 heavy (non-hydrogen) atoms. The van der Waals surface area contributed by atoms with E-state index in [2.05, 4.69) is 16.8 Å². The van der Waals surface area contributed by atoms with Gasteiger partial charge in [-0.2, -0.15) is 0 Å². The van der Waals surface area contributed by atoms with E-state index in [4.69, 9.17) is 17.3 Å². The summed E-state index contributed by atoms with van der Waals surface area (Å²) in [5.74, 6) is 2.13. The lowest BCUT2D eigenvalue weighted by Gasteiger charge is -2.13. The van der Waals surface area contributed by atoms with E-state index >= 15 is 0 Å². The lowest BCUT2D eigenvalue weighted by molar-refractivity contribution is 0.352. The molecule has 0 aromatic carbocycles. The molecule has 1 unspecified atom stereocenters. The second kappa shape index (κ2) is 4.44. The third-order valence-electron chi connectivity index (χ3n) is 3.76. The fourth-order valence-corrected chi connectivity index (χ4v) is 2.99. The lowest BCUT2D eigenvalue weighted by atomic mass is 10.1. The fraction of sp³-hybridized carbons (Fsp3) is 0.462. The zero-order valence-electron chi connectivity index (χ0n) is 10.4. The Morgan fingerprint density at radius 1 is 1.50 bits per heavy atom. The molecule has 5 heteroatoms. The maximum Gasteiger partial charge on any atom is 0.155 e. The van der Waals surface area contributed by atoms with Gasteiger partial charge in [-0.05, 0) is 31.6 Å². The van der Waals surface area contributed by atoms with Crippen LogP contribution in [0.15, 0.2) is 18.2 Å². The van der Waals surface area contributed by atoms with Gasteiger partial charge in [0, 0.05) is 12.5 Å². The average Bonchev–Trinajstić information content (AvgIpc) is 2.95. The summed E-state index contributed by atoms with van der Waals surface area (Å²) in [5, 5.41) is 0.548. The van der Waals surface area contributed by atoms with Gasteiger partial charge in [-0.1, -0.05) is 24.6 Å². The second-order valence-electron chi connectivity index (χ2n) is 4.81. The Bertz CT molecular complexity index is 578. The number of nitrogens with zero attached hydrogens (tertiary/aromatic N) is 3. The molecule has 2 N–H and O–H groups in total. The first-order valence-electron chi connectivity index (χ1n) is 6.35.